The Balaban J connectivity index is 1.60. The second-order valence-corrected chi connectivity index (χ2v) is 7.42. The average Bonchev–Trinajstić information content (AvgIpc) is 3.02. The lowest BCUT2D eigenvalue weighted by molar-refractivity contribution is -0.135. The zero-order chi connectivity index (χ0) is 18.5. The van der Waals surface area contributed by atoms with Crippen molar-refractivity contribution in [1.82, 2.24) is 14.8 Å². The lowest BCUT2D eigenvalue weighted by Crippen LogP contribution is -2.34. The Labute approximate surface area is 158 Å². The van der Waals surface area contributed by atoms with Crippen LogP contribution >= 0.6 is 11.8 Å². The summed E-state index contributed by atoms with van der Waals surface area (Å²) < 4.78 is 0. The van der Waals surface area contributed by atoms with Gasteiger partial charge in [0.25, 0.3) is 0 Å². The van der Waals surface area contributed by atoms with Crippen molar-refractivity contribution in [3.05, 3.63) is 59.9 Å². The maximum atomic E-state index is 12.8. The number of aromatic nitrogens is 1. The first-order valence-corrected chi connectivity index (χ1v) is 9.85. The summed E-state index contributed by atoms with van der Waals surface area (Å²) in [5.41, 5.74) is 1.94. The van der Waals surface area contributed by atoms with Crippen LogP contribution in [0.4, 0.5) is 0 Å². The molecule has 0 aliphatic carbocycles. The standard InChI is InChI=1S/C20H23N3O2S/c1-22(12-15-6-5-8-18(10-15)26-2)20(25)16-11-19(24)23(13-16)14-17-7-3-4-9-21-17/h3-10,16H,11-14H2,1-2H3/t16-/m0/s1. The van der Waals surface area contributed by atoms with Crippen molar-refractivity contribution in [2.24, 2.45) is 5.92 Å². The van der Waals surface area contributed by atoms with Gasteiger partial charge in [0.05, 0.1) is 18.2 Å². The average molecular weight is 369 g/mol. The second-order valence-electron chi connectivity index (χ2n) is 6.54. The van der Waals surface area contributed by atoms with Gasteiger partial charge in [-0.15, -0.1) is 11.8 Å². The van der Waals surface area contributed by atoms with Crippen molar-refractivity contribution < 1.29 is 9.59 Å². The molecular weight excluding hydrogens is 346 g/mol. The maximum absolute atomic E-state index is 12.8. The van der Waals surface area contributed by atoms with Crippen LogP contribution in [0.2, 0.25) is 0 Å². The van der Waals surface area contributed by atoms with Gasteiger partial charge in [-0.2, -0.15) is 0 Å². The van der Waals surface area contributed by atoms with Crippen LogP contribution in [0.5, 0.6) is 0 Å². The van der Waals surface area contributed by atoms with E-state index in [1.165, 1.54) is 4.90 Å². The Kier molecular flexibility index (Phi) is 5.93. The van der Waals surface area contributed by atoms with Crippen molar-refractivity contribution in [1.29, 1.82) is 0 Å². The minimum atomic E-state index is -0.278. The van der Waals surface area contributed by atoms with Gasteiger partial charge in [0.1, 0.15) is 0 Å². The summed E-state index contributed by atoms with van der Waals surface area (Å²) in [5.74, 6) is -0.233. The molecule has 2 heterocycles. The minimum Gasteiger partial charge on any atom is -0.341 e. The van der Waals surface area contributed by atoms with Crippen LogP contribution in [0.15, 0.2) is 53.6 Å². The fourth-order valence-electron chi connectivity index (χ4n) is 3.21. The van der Waals surface area contributed by atoms with E-state index >= 15 is 0 Å². The van der Waals surface area contributed by atoms with E-state index in [2.05, 4.69) is 17.1 Å². The third kappa shape index (κ3) is 4.43. The number of hydrogen-bond donors (Lipinski definition) is 0. The van der Waals surface area contributed by atoms with E-state index in [0.29, 0.717) is 19.6 Å². The maximum Gasteiger partial charge on any atom is 0.228 e. The fourth-order valence-corrected chi connectivity index (χ4v) is 3.70. The van der Waals surface area contributed by atoms with Gasteiger partial charge in [0, 0.05) is 37.7 Å². The van der Waals surface area contributed by atoms with Crippen LogP contribution in [0.1, 0.15) is 17.7 Å². The molecule has 0 N–H and O–H groups in total. The van der Waals surface area contributed by atoms with Crippen molar-refractivity contribution in [2.75, 3.05) is 19.8 Å². The van der Waals surface area contributed by atoms with Gasteiger partial charge >= 0.3 is 0 Å². The second kappa shape index (κ2) is 8.36. The van der Waals surface area contributed by atoms with Crippen LogP contribution in [0, 0.1) is 5.92 Å². The van der Waals surface area contributed by atoms with E-state index in [0.717, 1.165) is 11.3 Å². The molecule has 0 radical (unpaired) electrons. The molecule has 136 valence electrons. The van der Waals surface area contributed by atoms with E-state index in [4.69, 9.17) is 0 Å². The van der Waals surface area contributed by atoms with Gasteiger partial charge in [0.15, 0.2) is 0 Å². The highest BCUT2D eigenvalue weighted by Crippen LogP contribution is 2.23. The molecule has 1 aliphatic rings. The topological polar surface area (TPSA) is 53.5 Å². The third-order valence-electron chi connectivity index (χ3n) is 4.57. The van der Waals surface area contributed by atoms with E-state index in [9.17, 15) is 9.59 Å². The number of carbonyl (C=O) groups excluding carboxylic acids is 2. The quantitative estimate of drug-likeness (QED) is 0.735. The Morgan fingerprint density at radius 1 is 1.31 bits per heavy atom. The smallest absolute Gasteiger partial charge is 0.228 e. The number of carbonyl (C=O) groups is 2. The first kappa shape index (κ1) is 18.5. The molecule has 26 heavy (non-hydrogen) atoms. The molecule has 1 saturated heterocycles. The van der Waals surface area contributed by atoms with Gasteiger partial charge in [-0.25, -0.2) is 0 Å². The molecule has 1 atom stereocenters. The van der Waals surface area contributed by atoms with E-state index in [1.807, 2.05) is 36.6 Å². The molecule has 0 saturated carbocycles. The Morgan fingerprint density at radius 3 is 2.88 bits per heavy atom. The Bertz CT molecular complexity index is 782. The highest BCUT2D eigenvalue weighted by molar-refractivity contribution is 7.98. The Hall–Kier alpha value is -2.34. The molecule has 2 amide bonds. The number of thioether (sulfide) groups is 1. The molecule has 0 spiro atoms. The summed E-state index contributed by atoms with van der Waals surface area (Å²) in [5, 5.41) is 0. The third-order valence-corrected chi connectivity index (χ3v) is 5.30. The number of pyridine rings is 1. The van der Waals surface area contributed by atoms with Crippen LogP contribution in [-0.2, 0) is 22.7 Å². The summed E-state index contributed by atoms with van der Waals surface area (Å²) >= 11 is 1.68. The number of rotatable bonds is 6. The number of benzene rings is 1. The molecule has 1 aliphatic heterocycles. The lowest BCUT2D eigenvalue weighted by atomic mass is 10.1. The van der Waals surface area contributed by atoms with E-state index < -0.39 is 0 Å². The summed E-state index contributed by atoms with van der Waals surface area (Å²) in [4.78, 5) is 34.0. The van der Waals surface area contributed by atoms with E-state index in [-0.39, 0.29) is 24.2 Å². The van der Waals surface area contributed by atoms with Crippen molar-refractivity contribution in [2.45, 2.75) is 24.4 Å². The summed E-state index contributed by atoms with van der Waals surface area (Å²) in [6.45, 7) is 1.48. The monoisotopic (exact) mass is 369 g/mol. The zero-order valence-electron chi connectivity index (χ0n) is 15.1. The van der Waals surface area contributed by atoms with Crippen LogP contribution < -0.4 is 0 Å². The van der Waals surface area contributed by atoms with Gasteiger partial charge < -0.3 is 9.80 Å². The molecule has 2 aromatic rings. The molecule has 1 fully saturated rings. The minimum absolute atomic E-state index is 0.0202. The fraction of sp³-hybridized carbons (Fsp3) is 0.350. The number of hydrogen-bond acceptors (Lipinski definition) is 4. The summed E-state index contributed by atoms with van der Waals surface area (Å²) in [6, 6.07) is 13.8. The van der Waals surface area contributed by atoms with Gasteiger partial charge in [-0.1, -0.05) is 18.2 Å². The molecule has 5 nitrogen and oxygen atoms in total. The van der Waals surface area contributed by atoms with Gasteiger partial charge in [-0.3, -0.25) is 14.6 Å². The van der Waals surface area contributed by atoms with Gasteiger partial charge in [0.2, 0.25) is 11.8 Å². The Morgan fingerprint density at radius 2 is 2.15 bits per heavy atom. The van der Waals surface area contributed by atoms with Gasteiger partial charge in [-0.05, 0) is 36.1 Å². The zero-order valence-corrected chi connectivity index (χ0v) is 15.9. The first-order valence-electron chi connectivity index (χ1n) is 8.62. The lowest BCUT2D eigenvalue weighted by Gasteiger charge is -2.21. The molecule has 1 aromatic heterocycles. The molecular formula is C20H23N3O2S. The predicted molar refractivity (Wildman–Crippen MR) is 102 cm³/mol. The van der Waals surface area contributed by atoms with Crippen LogP contribution in [-0.4, -0.2) is 46.4 Å². The molecule has 0 bridgehead atoms. The normalized spacial score (nSPS) is 16.8. The molecule has 6 heteroatoms. The van der Waals surface area contributed by atoms with Crippen molar-refractivity contribution in [3.8, 4) is 0 Å². The molecule has 1 aromatic carbocycles. The number of nitrogens with zero attached hydrogens (tertiary/aromatic N) is 3. The number of amides is 2. The van der Waals surface area contributed by atoms with Crippen LogP contribution in [0.25, 0.3) is 0 Å². The molecule has 0 unspecified atom stereocenters. The van der Waals surface area contributed by atoms with E-state index in [1.54, 1.807) is 34.8 Å². The highest BCUT2D eigenvalue weighted by Gasteiger charge is 2.35. The van der Waals surface area contributed by atoms with Crippen LogP contribution in [0.3, 0.4) is 0 Å². The van der Waals surface area contributed by atoms with Crippen molar-refractivity contribution in [3.63, 3.8) is 0 Å². The summed E-state index contributed by atoms with van der Waals surface area (Å²) in [7, 11) is 1.81. The molecule has 3 rings (SSSR count). The van der Waals surface area contributed by atoms with Crippen molar-refractivity contribution >= 4 is 23.6 Å². The predicted octanol–water partition coefficient (Wildman–Crippen LogP) is 2.81. The summed E-state index contributed by atoms with van der Waals surface area (Å²) in [6.07, 6.45) is 4.03. The number of likely N-dealkylation sites (tertiary alicyclic amines) is 1. The largest absolute Gasteiger partial charge is 0.341 e. The first-order chi connectivity index (χ1) is 12.6. The highest BCUT2D eigenvalue weighted by atomic mass is 32.2. The SMILES string of the molecule is CSc1cccc(CN(C)C(=O)[C@H]2CC(=O)N(Cc3ccccn3)C2)c1.